The minimum absolute atomic E-state index is 0.130. The average Bonchev–Trinajstić information content (AvgIpc) is 2.76. The lowest BCUT2D eigenvalue weighted by molar-refractivity contribution is 0.357. The fourth-order valence-corrected chi connectivity index (χ4v) is 2.47. The van der Waals surface area contributed by atoms with Gasteiger partial charge in [-0.2, -0.15) is 0 Å². The molecule has 5 heteroatoms. The van der Waals surface area contributed by atoms with Crippen LogP contribution in [0.3, 0.4) is 0 Å². The van der Waals surface area contributed by atoms with Crippen LogP contribution in [0.5, 0.6) is 5.75 Å². The molecule has 0 atom stereocenters. The van der Waals surface area contributed by atoms with Crippen LogP contribution in [0.1, 0.15) is 18.1 Å². The zero-order chi connectivity index (χ0) is 12.3. The second-order valence-electron chi connectivity index (χ2n) is 4.09. The van der Waals surface area contributed by atoms with Gasteiger partial charge in [-0.05, 0) is 30.5 Å². The molecular formula is C12H17NO3S. The van der Waals surface area contributed by atoms with Gasteiger partial charge in [0.2, 0.25) is 10.0 Å². The lowest BCUT2D eigenvalue weighted by atomic mass is 10.1. The summed E-state index contributed by atoms with van der Waals surface area (Å²) in [6.07, 6.45) is 1.66. The Labute approximate surface area is 102 Å². The van der Waals surface area contributed by atoms with Crippen molar-refractivity contribution in [1.29, 1.82) is 0 Å². The third-order valence-electron chi connectivity index (χ3n) is 2.87. The maximum Gasteiger partial charge on any atom is 0.211 e. The third-order valence-corrected chi connectivity index (χ3v) is 4.27. The highest BCUT2D eigenvalue weighted by Gasteiger charge is 2.12. The first-order valence-electron chi connectivity index (χ1n) is 5.82. The lowest BCUT2D eigenvalue weighted by Crippen LogP contribution is -2.27. The maximum absolute atomic E-state index is 11.2. The van der Waals surface area contributed by atoms with E-state index >= 15 is 0 Å². The van der Waals surface area contributed by atoms with E-state index < -0.39 is 10.0 Å². The molecule has 1 aromatic rings. The van der Waals surface area contributed by atoms with Gasteiger partial charge in [0, 0.05) is 13.0 Å². The van der Waals surface area contributed by atoms with Crippen molar-refractivity contribution in [2.45, 2.75) is 19.8 Å². The van der Waals surface area contributed by atoms with Gasteiger partial charge in [-0.25, -0.2) is 13.1 Å². The van der Waals surface area contributed by atoms with E-state index in [9.17, 15) is 8.42 Å². The highest BCUT2D eigenvalue weighted by molar-refractivity contribution is 7.89. The van der Waals surface area contributed by atoms with Crippen molar-refractivity contribution in [2.24, 2.45) is 0 Å². The summed E-state index contributed by atoms with van der Waals surface area (Å²) in [5.41, 5.74) is 2.37. The molecule has 1 aliphatic heterocycles. The molecule has 0 aromatic heterocycles. The molecule has 1 N–H and O–H groups in total. The fourth-order valence-electron chi connectivity index (χ4n) is 1.85. The Morgan fingerprint density at radius 2 is 2.24 bits per heavy atom. The quantitative estimate of drug-likeness (QED) is 0.857. The molecule has 0 aliphatic carbocycles. The van der Waals surface area contributed by atoms with Gasteiger partial charge in [0.05, 0.1) is 12.4 Å². The van der Waals surface area contributed by atoms with Crippen LogP contribution >= 0.6 is 0 Å². The largest absolute Gasteiger partial charge is 0.493 e. The Bertz CT molecular complexity index is 496. The Kier molecular flexibility index (Phi) is 3.69. The van der Waals surface area contributed by atoms with E-state index in [-0.39, 0.29) is 5.75 Å². The summed E-state index contributed by atoms with van der Waals surface area (Å²) in [5, 5.41) is 0. The van der Waals surface area contributed by atoms with Gasteiger partial charge < -0.3 is 4.74 Å². The first-order chi connectivity index (χ1) is 8.11. The van der Waals surface area contributed by atoms with E-state index in [2.05, 4.69) is 10.8 Å². The van der Waals surface area contributed by atoms with Crippen molar-refractivity contribution in [1.82, 2.24) is 4.72 Å². The van der Waals surface area contributed by atoms with Crippen molar-refractivity contribution in [2.75, 3.05) is 18.9 Å². The third kappa shape index (κ3) is 3.20. The molecule has 0 saturated carbocycles. The van der Waals surface area contributed by atoms with Gasteiger partial charge >= 0.3 is 0 Å². The van der Waals surface area contributed by atoms with E-state index in [4.69, 9.17) is 4.74 Å². The molecule has 1 heterocycles. The van der Waals surface area contributed by atoms with Crippen molar-refractivity contribution < 1.29 is 13.2 Å². The molecule has 94 valence electrons. The average molecular weight is 255 g/mol. The Balaban J connectivity index is 1.92. The minimum Gasteiger partial charge on any atom is -0.493 e. The number of nitrogens with one attached hydrogen (secondary N) is 1. The summed E-state index contributed by atoms with van der Waals surface area (Å²) in [6.45, 7) is 2.84. The molecule has 0 radical (unpaired) electrons. The monoisotopic (exact) mass is 255 g/mol. The molecule has 1 aromatic carbocycles. The van der Waals surface area contributed by atoms with Crippen molar-refractivity contribution in [3.63, 3.8) is 0 Å². The molecule has 0 amide bonds. The predicted molar refractivity (Wildman–Crippen MR) is 66.8 cm³/mol. The van der Waals surface area contributed by atoms with Crippen LogP contribution in [0.15, 0.2) is 18.2 Å². The Morgan fingerprint density at radius 1 is 1.41 bits per heavy atom. The van der Waals surface area contributed by atoms with Gasteiger partial charge in [0.25, 0.3) is 0 Å². The van der Waals surface area contributed by atoms with E-state index in [1.165, 1.54) is 5.56 Å². The van der Waals surface area contributed by atoms with Gasteiger partial charge in [0.15, 0.2) is 0 Å². The summed E-state index contributed by atoms with van der Waals surface area (Å²) in [5.74, 6) is 1.09. The summed E-state index contributed by atoms with van der Waals surface area (Å²) in [6, 6.07) is 6.05. The number of sulfonamides is 1. The summed E-state index contributed by atoms with van der Waals surface area (Å²) < 4.78 is 30.5. The second-order valence-corrected chi connectivity index (χ2v) is 6.18. The number of rotatable bonds is 5. The van der Waals surface area contributed by atoms with Crippen molar-refractivity contribution in [3.8, 4) is 5.75 Å². The van der Waals surface area contributed by atoms with Gasteiger partial charge in [-0.15, -0.1) is 0 Å². The van der Waals surface area contributed by atoms with Gasteiger partial charge in [-0.3, -0.25) is 0 Å². The SMILES string of the molecule is CCS(=O)(=O)NCCc1ccc2c(c1)CCO2. The minimum atomic E-state index is -3.08. The molecule has 0 spiro atoms. The molecule has 17 heavy (non-hydrogen) atoms. The maximum atomic E-state index is 11.2. The summed E-state index contributed by atoms with van der Waals surface area (Å²) in [7, 11) is -3.08. The van der Waals surface area contributed by atoms with E-state index in [1.54, 1.807) is 6.92 Å². The van der Waals surface area contributed by atoms with Crippen LogP contribution < -0.4 is 9.46 Å². The summed E-state index contributed by atoms with van der Waals surface area (Å²) in [4.78, 5) is 0. The molecule has 2 rings (SSSR count). The predicted octanol–water partition coefficient (Wildman–Crippen LogP) is 1.10. The normalized spacial score (nSPS) is 14.4. The molecule has 0 unspecified atom stereocenters. The highest BCUT2D eigenvalue weighted by Crippen LogP contribution is 2.25. The second kappa shape index (κ2) is 5.06. The van der Waals surface area contributed by atoms with Crippen LogP contribution in [0.25, 0.3) is 0 Å². The van der Waals surface area contributed by atoms with Crippen molar-refractivity contribution >= 4 is 10.0 Å². The topological polar surface area (TPSA) is 55.4 Å². The van der Waals surface area contributed by atoms with Gasteiger partial charge in [0.1, 0.15) is 5.75 Å². The zero-order valence-electron chi connectivity index (χ0n) is 9.90. The number of benzene rings is 1. The number of ether oxygens (including phenoxy) is 1. The van der Waals surface area contributed by atoms with Gasteiger partial charge in [-0.1, -0.05) is 12.1 Å². The number of hydrogen-bond donors (Lipinski definition) is 1. The fraction of sp³-hybridized carbons (Fsp3) is 0.500. The Morgan fingerprint density at radius 3 is 3.00 bits per heavy atom. The molecule has 0 bridgehead atoms. The number of hydrogen-bond acceptors (Lipinski definition) is 3. The van der Waals surface area contributed by atoms with Crippen molar-refractivity contribution in [3.05, 3.63) is 29.3 Å². The molecule has 0 fully saturated rings. The molecule has 1 aliphatic rings. The molecule has 0 saturated heterocycles. The molecular weight excluding hydrogens is 238 g/mol. The smallest absolute Gasteiger partial charge is 0.211 e. The zero-order valence-corrected chi connectivity index (χ0v) is 10.7. The van der Waals surface area contributed by atoms with Crippen LogP contribution in [0, 0.1) is 0 Å². The molecule has 4 nitrogen and oxygen atoms in total. The summed E-state index contributed by atoms with van der Waals surface area (Å²) >= 11 is 0. The first kappa shape index (κ1) is 12.4. The standard InChI is InChI=1S/C12H17NO3S/c1-2-17(14,15)13-7-5-10-3-4-12-11(9-10)6-8-16-12/h3-4,9,13H,2,5-8H2,1H3. The Hall–Kier alpha value is -1.07. The van der Waals surface area contributed by atoms with E-state index in [1.807, 2.05) is 12.1 Å². The van der Waals surface area contributed by atoms with E-state index in [0.29, 0.717) is 13.0 Å². The van der Waals surface area contributed by atoms with E-state index in [0.717, 1.165) is 24.3 Å². The van der Waals surface area contributed by atoms with Crippen LogP contribution in [-0.4, -0.2) is 27.3 Å². The van der Waals surface area contributed by atoms with Crippen LogP contribution in [0.2, 0.25) is 0 Å². The highest BCUT2D eigenvalue weighted by atomic mass is 32.2. The first-order valence-corrected chi connectivity index (χ1v) is 7.48. The lowest BCUT2D eigenvalue weighted by Gasteiger charge is -2.06. The van der Waals surface area contributed by atoms with Crippen LogP contribution in [-0.2, 0) is 22.9 Å². The van der Waals surface area contributed by atoms with Crippen LogP contribution in [0.4, 0.5) is 0 Å². The number of fused-ring (bicyclic) bond motifs is 1.